The van der Waals surface area contributed by atoms with Gasteiger partial charge in [0.1, 0.15) is 0 Å². The Kier molecular flexibility index (Phi) is 14.4. The van der Waals surface area contributed by atoms with Crippen molar-refractivity contribution in [3.05, 3.63) is 257 Å². The molecule has 0 unspecified atom stereocenters. The first-order valence-electron chi connectivity index (χ1n) is 23.9. The zero-order valence-corrected chi connectivity index (χ0v) is 39.3. The number of aryl methyl sites for hydroxylation is 3. The molecular formula is C67H64. The first-order valence-corrected chi connectivity index (χ1v) is 23.9. The van der Waals surface area contributed by atoms with Crippen molar-refractivity contribution in [2.24, 2.45) is 0 Å². The van der Waals surface area contributed by atoms with Crippen LogP contribution in [0.25, 0.3) is 71.6 Å². The number of allylic oxidation sites excluding steroid dienone is 4. The number of hydrogen-bond donors (Lipinski definition) is 0. The molecule has 0 atom stereocenters. The molecule has 0 heterocycles. The average Bonchev–Trinajstić information content (AvgIpc) is 3.85. The van der Waals surface area contributed by atoms with Gasteiger partial charge in [0.2, 0.25) is 0 Å². The maximum Gasteiger partial charge on any atom is -0.00165 e. The predicted octanol–water partition coefficient (Wildman–Crippen LogP) is 18.8. The summed E-state index contributed by atoms with van der Waals surface area (Å²) < 4.78 is 0. The van der Waals surface area contributed by atoms with E-state index < -0.39 is 0 Å². The highest BCUT2D eigenvalue weighted by molar-refractivity contribution is 6.21. The third-order valence-electron chi connectivity index (χ3n) is 13.5. The van der Waals surface area contributed by atoms with Gasteiger partial charge in [-0.05, 0) is 180 Å². The number of hydrogen-bond acceptors (Lipinski definition) is 0. The van der Waals surface area contributed by atoms with Gasteiger partial charge < -0.3 is 0 Å². The normalized spacial score (nSPS) is 11.9. The van der Waals surface area contributed by atoms with Crippen molar-refractivity contribution >= 4 is 27.1 Å². The minimum atomic E-state index is 0. The second-order valence-electron chi connectivity index (χ2n) is 17.6. The van der Waals surface area contributed by atoms with Gasteiger partial charge in [0.05, 0.1) is 0 Å². The van der Waals surface area contributed by atoms with Gasteiger partial charge >= 0.3 is 0 Å². The monoisotopic (exact) mass is 869 g/mol. The van der Waals surface area contributed by atoms with E-state index in [4.69, 9.17) is 6.58 Å². The fourth-order valence-corrected chi connectivity index (χ4v) is 10.4. The fourth-order valence-electron chi connectivity index (χ4n) is 10.4. The summed E-state index contributed by atoms with van der Waals surface area (Å²) in [6.45, 7) is 15.8. The summed E-state index contributed by atoms with van der Waals surface area (Å²) in [5.74, 6) is 0. The largest absolute Gasteiger partial charge is 0.0905 e. The van der Waals surface area contributed by atoms with Crippen molar-refractivity contribution in [1.82, 2.24) is 0 Å². The van der Waals surface area contributed by atoms with Crippen LogP contribution >= 0.6 is 0 Å². The average molecular weight is 869 g/mol. The minimum absolute atomic E-state index is 0. The van der Waals surface area contributed by atoms with Gasteiger partial charge in [0, 0.05) is 0 Å². The Morgan fingerprint density at radius 1 is 0.493 bits per heavy atom. The van der Waals surface area contributed by atoms with Crippen LogP contribution in [-0.4, -0.2) is 0 Å². The molecule has 0 fully saturated rings. The van der Waals surface area contributed by atoms with Crippen molar-refractivity contribution in [3.63, 3.8) is 0 Å². The smallest absolute Gasteiger partial charge is 0.00165 e. The van der Waals surface area contributed by atoms with Crippen LogP contribution in [0.4, 0.5) is 0 Å². The molecule has 0 nitrogen and oxygen atoms in total. The Morgan fingerprint density at radius 3 is 1.64 bits per heavy atom. The second-order valence-corrected chi connectivity index (χ2v) is 17.6. The molecule has 9 aromatic carbocycles. The van der Waals surface area contributed by atoms with E-state index in [9.17, 15) is 0 Å². The van der Waals surface area contributed by atoms with Crippen LogP contribution in [0, 0.1) is 6.92 Å². The third-order valence-corrected chi connectivity index (χ3v) is 13.5. The molecule has 67 heavy (non-hydrogen) atoms. The third kappa shape index (κ3) is 9.15. The molecule has 0 radical (unpaired) electrons. The van der Waals surface area contributed by atoms with Crippen LogP contribution in [0.1, 0.15) is 86.1 Å². The van der Waals surface area contributed by atoms with E-state index in [1.54, 1.807) is 0 Å². The van der Waals surface area contributed by atoms with Crippen LogP contribution < -0.4 is 0 Å². The van der Waals surface area contributed by atoms with Gasteiger partial charge in [0.15, 0.2) is 0 Å². The lowest BCUT2D eigenvalue weighted by molar-refractivity contribution is 1.14. The van der Waals surface area contributed by atoms with Gasteiger partial charge in [-0.2, -0.15) is 0 Å². The molecule has 332 valence electrons. The highest BCUT2D eigenvalue weighted by Crippen LogP contribution is 2.55. The SMILES string of the molecule is C.C=C1c2c(Cc3ccccc3)cccc2-c2cccc(-c3cc4c5c(cccc5c3C)-c3c-4cc4ccccc4c3CC(/C=C\C)=C/CC)c21.CCc1ccccc1.CCc1ccccc1. The Bertz CT molecular complexity index is 3210. The highest BCUT2D eigenvalue weighted by Gasteiger charge is 2.31. The van der Waals surface area contributed by atoms with E-state index in [0.29, 0.717) is 0 Å². The Morgan fingerprint density at radius 2 is 1.03 bits per heavy atom. The molecule has 0 aliphatic heterocycles. The van der Waals surface area contributed by atoms with Crippen molar-refractivity contribution in [2.45, 2.75) is 74.1 Å². The molecule has 0 spiro atoms. The van der Waals surface area contributed by atoms with E-state index in [2.05, 4.69) is 223 Å². The van der Waals surface area contributed by atoms with Gasteiger partial charge in [-0.25, -0.2) is 0 Å². The van der Waals surface area contributed by atoms with Crippen molar-refractivity contribution in [1.29, 1.82) is 0 Å². The van der Waals surface area contributed by atoms with Crippen molar-refractivity contribution in [2.75, 3.05) is 0 Å². The standard InChI is InChI=1S/C50H40.2C8H10.CH4/c1-5-15-33(16-6-2)28-44-38-21-11-10-19-35(38)29-45-46-30-43(31(3)37-22-13-26-42(49(37)46)50(44)45)41-25-14-24-40-39-23-12-20-36(47(39)32(4)48(40)41)27-34-17-8-7-9-18-34;2*1-2-8-6-4-3-5-7-8;/h5,7-26,29-30H,4,6,27-28H2,1-3H3;2*3-7H,2H2,1H3;1H4/b15-5-,33-16+;;;. The van der Waals surface area contributed by atoms with E-state index >= 15 is 0 Å². The molecule has 9 aromatic rings. The lowest BCUT2D eigenvalue weighted by atomic mass is 9.86. The Hall–Kier alpha value is -7.28. The van der Waals surface area contributed by atoms with E-state index in [1.165, 1.54) is 116 Å². The molecule has 0 aromatic heterocycles. The van der Waals surface area contributed by atoms with Crippen molar-refractivity contribution in [3.8, 4) is 44.5 Å². The van der Waals surface area contributed by atoms with Crippen molar-refractivity contribution < 1.29 is 0 Å². The summed E-state index contributed by atoms with van der Waals surface area (Å²) in [4.78, 5) is 0. The number of fused-ring (bicyclic) bond motifs is 7. The van der Waals surface area contributed by atoms with Crippen LogP contribution in [0.5, 0.6) is 0 Å². The van der Waals surface area contributed by atoms with Gasteiger partial charge in [-0.3, -0.25) is 0 Å². The Labute approximate surface area is 400 Å². The van der Waals surface area contributed by atoms with Crippen LogP contribution in [0.15, 0.2) is 212 Å². The summed E-state index contributed by atoms with van der Waals surface area (Å²) in [6, 6.07) is 66.2. The van der Waals surface area contributed by atoms with Gasteiger partial charge in [-0.1, -0.05) is 223 Å². The molecule has 0 saturated heterocycles. The predicted molar refractivity (Wildman–Crippen MR) is 294 cm³/mol. The number of benzene rings is 9. The molecule has 11 rings (SSSR count). The fraction of sp³-hybridized carbons (Fsp3) is 0.164. The van der Waals surface area contributed by atoms with E-state index in [1.807, 2.05) is 12.1 Å². The summed E-state index contributed by atoms with van der Waals surface area (Å²) in [7, 11) is 0. The minimum Gasteiger partial charge on any atom is -0.0905 e. The first-order chi connectivity index (χ1) is 32.4. The molecule has 0 N–H and O–H groups in total. The zero-order valence-electron chi connectivity index (χ0n) is 39.3. The molecule has 2 aliphatic rings. The molecule has 0 heteroatoms. The maximum absolute atomic E-state index is 4.80. The molecule has 2 aliphatic carbocycles. The topological polar surface area (TPSA) is 0 Å². The molecular weight excluding hydrogens is 805 g/mol. The number of rotatable bonds is 9. The highest BCUT2D eigenvalue weighted by atomic mass is 14.3. The molecule has 0 bridgehead atoms. The summed E-state index contributed by atoms with van der Waals surface area (Å²) >= 11 is 0. The van der Waals surface area contributed by atoms with E-state index in [0.717, 1.165) is 37.7 Å². The summed E-state index contributed by atoms with van der Waals surface area (Å²) in [6.07, 6.45) is 11.9. The molecule has 0 amide bonds. The summed E-state index contributed by atoms with van der Waals surface area (Å²) in [5.41, 5.74) is 23.9. The quantitative estimate of drug-likeness (QED) is 0.127. The van der Waals surface area contributed by atoms with Crippen LogP contribution in [0.3, 0.4) is 0 Å². The van der Waals surface area contributed by atoms with Crippen LogP contribution in [-0.2, 0) is 25.7 Å². The lowest BCUT2D eigenvalue weighted by Crippen LogP contribution is -1.95. The summed E-state index contributed by atoms with van der Waals surface area (Å²) in [5, 5.41) is 5.37. The Balaban J connectivity index is 0.000000303. The van der Waals surface area contributed by atoms with Gasteiger partial charge in [-0.15, -0.1) is 0 Å². The van der Waals surface area contributed by atoms with E-state index in [-0.39, 0.29) is 7.43 Å². The lowest BCUT2D eigenvalue weighted by Gasteiger charge is -2.17. The second kappa shape index (κ2) is 20.9. The molecule has 0 saturated carbocycles. The zero-order chi connectivity index (χ0) is 45.6. The maximum atomic E-state index is 4.80. The van der Waals surface area contributed by atoms with Crippen LogP contribution in [0.2, 0.25) is 0 Å². The first kappa shape index (κ1) is 46.3. The van der Waals surface area contributed by atoms with Gasteiger partial charge in [0.25, 0.3) is 0 Å².